The molecule has 0 aromatic carbocycles. The Hall–Kier alpha value is -2.99. The van der Waals surface area contributed by atoms with Gasteiger partial charge in [-0.15, -0.1) is 0 Å². The zero-order chi connectivity index (χ0) is 24.6. The molecule has 0 bridgehead atoms. The lowest BCUT2D eigenvalue weighted by molar-refractivity contribution is 0.331. The number of H-pyrrole nitrogens is 1. The van der Waals surface area contributed by atoms with Gasteiger partial charge in [-0.3, -0.25) is 4.68 Å². The number of halogens is 2. The molecule has 2 aliphatic heterocycles. The standard InChI is InChI=1S/C22H22FIN8O2S/c1-2-35(33,34)19-4-3-17(23)22(28-19)31-10-7-14(12-31)18(5-8-25)32-13-15(11-27-32)20-16-6-9-26-21(16)30-24-29-20/h3-4,6,9,11,13-14,18H,2,5,7,10,12H2,1H3,(H,26,29,30)/t14-,18-/m0/s1. The number of nitrogens with zero attached hydrogens (tertiary/aromatic N) is 7. The summed E-state index contributed by atoms with van der Waals surface area (Å²) >= 11 is -0.685. The van der Waals surface area contributed by atoms with Gasteiger partial charge in [-0.05, 0) is 24.6 Å². The fourth-order valence-corrected chi connectivity index (χ4v) is 6.70. The van der Waals surface area contributed by atoms with E-state index in [4.69, 9.17) is 0 Å². The van der Waals surface area contributed by atoms with E-state index in [1.54, 1.807) is 15.8 Å². The number of nitrogens with one attached hydrogen (secondary N) is 1. The second-order valence-electron chi connectivity index (χ2n) is 8.32. The molecule has 5 rings (SSSR count). The van der Waals surface area contributed by atoms with Crippen LogP contribution in [0.25, 0.3) is 5.70 Å². The molecule has 2 atom stereocenters. The minimum atomic E-state index is -3.55. The normalized spacial score (nSPS) is 18.5. The highest BCUT2D eigenvalue weighted by molar-refractivity contribution is 14.1. The van der Waals surface area contributed by atoms with Gasteiger partial charge in [0, 0.05) is 42.2 Å². The predicted octanol–water partition coefficient (Wildman–Crippen LogP) is 2.38. The van der Waals surface area contributed by atoms with Gasteiger partial charge in [-0.25, -0.2) is 20.9 Å². The van der Waals surface area contributed by atoms with E-state index in [0.717, 1.165) is 28.0 Å². The molecule has 3 aromatic rings. The van der Waals surface area contributed by atoms with Crippen molar-refractivity contribution >= 4 is 42.7 Å². The molecule has 0 aliphatic carbocycles. The van der Waals surface area contributed by atoms with Gasteiger partial charge >= 0.3 is 0 Å². The molecular formula is C22H22FIN8O2S. The molecule has 0 amide bonds. The van der Waals surface area contributed by atoms with E-state index in [1.807, 2.05) is 18.5 Å². The Labute approximate surface area is 211 Å². The summed E-state index contributed by atoms with van der Waals surface area (Å²) < 4.78 is 50.0. The lowest BCUT2D eigenvalue weighted by Crippen LogP contribution is -2.27. The summed E-state index contributed by atoms with van der Waals surface area (Å²) in [7, 11) is -3.55. The summed E-state index contributed by atoms with van der Waals surface area (Å²) in [4.78, 5) is 9.02. The van der Waals surface area contributed by atoms with Gasteiger partial charge in [0.05, 0.1) is 36.2 Å². The van der Waals surface area contributed by atoms with E-state index in [9.17, 15) is 18.1 Å². The van der Waals surface area contributed by atoms with E-state index in [1.165, 1.54) is 13.0 Å². The summed E-state index contributed by atoms with van der Waals surface area (Å²) in [5.41, 5.74) is 2.54. The number of aromatic amines is 1. The van der Waals surface area contributed by atoms with Gasteiger partial charge in [0.2, 0.25) is 0 Å². The van der Waals surface area contributed by atoms with Crippen molar-refractivity contribution in [2.24, 2.45) is 12.3 Å². The Morgan fingerprint density at radius 3 is 3.03 bits per heavy atom. The van der Waals surface area contributed by atoms with Crippen LogP contribution in [0, 0.1) is 23.1 Å². The van der Waals surface area contributed by atoms with E-state index >= 15 is 0 Å². The third-order valence-corrected chi connectivity index (χ3v) is 9.33. The first kappa shape index (κ1) is 23.7. The van der Waals surface area contributed by atoms with Gasteiger partial charge in [0.25, 0.3) is 0 Å². The number of anilines is 1. The third kappa shape index (κ3) is 4.52. The fourth-order valence-electron chi connectivity index (χ4n) is 4.43. The number of fused-ring (bicyclic) bond motifs is 1. The molecule has 0 unspecified atom stereocenters. The molecule has 0 saturated carbocycles. The van der Waals surface area contributed by atoms with Gasteiger partial charge < -0.3 is 9.88 Å². The van der Waals surface area contributed by atoms with Crippen LogP contribution < -0.4 is 15.6 Å². The van der Waals surface area contributed by atoms with Crippen LogP contribution in [0.15, 0.2) is 48.2 Å². The number of hydrogen-bond acceptors (Lipinski definition) is 8. The Bertz CT molecular complexity index is 1570. The van der Waals surface area contributed by atoms with Crippen LogP contribution in [0.2, 0.25) is 0 Å². The fraction of sp³-hybridized carbons (Fsp3) is 0.364. The number of sulfone groups is 1. The first-order valence-electron chi connectivity index (χ1n) is 11.1. The average molecular weight is 608 g/mol. The minimum Gasteiger partial charge on any atom is -0.354 e. The quantitative estimate of drug-likeness (QED) is 0.410. The van der Waals surface area contributed by atoms with Crippen LogP contribution >= 0.6 is 21.3 Å². The topological polar surface area (TPSA) is 132 Å². The van der Waals surface area contributed by atoms with Gasteiger partial charge in [-0.2, -0.15) is 13.6 Å². The average Bonchev–Trinajstić information content (AvgIpc) is 3.63. The molecule has 13 heteroatoms. The molecule has 182 valence electrons. The molecule has 10 nitrogen and oxygen atoms in total. The van der Waals surface area contributed by atoms with Crippen molar-refractivity contribution < 1.29 is 12.8 Å². The van der Waals surface area contributed by atoms with Gasteiger partial charge in [-0.1, -0.05) is 6.92 Å². The van der Waals surface area contributed by atoms with E-state index < -0.39 is 37.0 Å². The van der Waals surface area contributed by atoms with Crippen molar-refractivity contribution in [1.29, 1.82) is 5.26 Å². The predicted molar refractivity (Wildman–Crippen MR) is 134 cm³/mol. The second kappa shape index (κ2) is 9.57. The maximum atomic E-state index is 14.6. The zero-order valence-electron chi connectivity index (χ0n) is 18.8. The molecule has 1 N–H and O–H groups in total. The first-order chi connectivity index (χ1) is 16.9. The molecular weight excluding hydrogens is 586 g/mol. The maximum absolute atomic E-state index is 14.6. The summed E-state index contributed by atoms with van der Waals surface area (Å²) in [5.74, 6) is -0.632. The minimum absolute atomic E-state index is 0.00794. The Kier molecular flexibility index (Phi) is 6.49. The Morgan fingerprint density at radius 2 is 2.23 bits per heavy atom. The molecule has 3 aromatic heterocycles. The largest absolute Gasteiger partial charge is 0.354 e. The third-order valence-electron chi connectivity index (χ3n) is 6.31. The Morgan fingerprint density at radius 1 is 1.37 bits per heavy atom. The summed E-state index contributed by atoms with van der Waals surface area (Å²) in [6.45, 7) is 2.48. The number of hydrogen-bond donors (Lipinski definition) is 1. The maximum Gasteiger partial charge on any atom is 0.195 e. The summed E-state index contributed by atoms with van der Waals surface area (Å²) in [6.07, 6.45) is 6.43. The van der Waals surface area contributed by atoms with Crippen molar-refractivity contribution in [2.75, 3.05) is 23.7 Å². The van der Waals surface area contributed by atoms with Crippen molar-refractivity contribution in [1.82, 2.24) is 19.7 Å². The monoisotopic (exact) mass is 608 g/mol. The van der Waals surface area contributed by atoms with Crippen LogP contribution in [0.5, 0.6) is 0 Å². The molecule has 0 spiro atoms. The first-order valence-corrected chi connectivity index (χ1v) is 14.7. The SMILES string of the molecule is CCS(=O)(=O)c1ccc(F)c(N2CC[C@H]([C@H](CC#N)n3cc(C4=c5cc[nH]c5=NI=N4)cn3)C2)n1. The van der Waals surface area contributed by atoms with Crippen molar-refractivity contribution in [3.63, 3.8) is 0 Å². The van der Waals surface area contributed by atoms with E-state index in [-0.39, 0.29) is 35.0 Å². The summed E-state index contributed by atoms with van der Waals surface area (Å²) in [6, 6.07) is 6.32. The highest BCUT2D eigenvalue weighted by Gasteiger charge is 2.33. The Balaban J connectivity index is 1.42. The van der Waals surface area contributed by atoms with Crippen LogP contribution in [0.1, 0.15) is 31.4 Å². The van der Waals surface area contributed by atoms with Gasteiger partial charge in [0.1, 0.15) is 26.8 Å². The lowest BCUT2D eigenvalue weighted by atomic mass is 9.96. The highest BCUT2D eigenvalue weighted by Crippen LogP contribution is 2.34. The number of nitriles is 1. The van der Waals surface area contributed by atoms with Crippen LogP contribution in [-0.2, 0) is 9.84 Å². The lowest BCUT2D eigenvalue weighted by Gasteiger charge is -2.23. The van der Waals surface area contributed by atoms with Crippen molar-refractivity contribution in [3.8, 4) is 6.07 Å². The number of rotatable bonds is 7. The molecule has 1 saturated heterocycles. The number of aromatic nitrogens is 4. The highest BCUT2D eigenvalue weighted by atomic mass is 127. The molecule has 2 aliphatic rings. The van der Waals surface area contributed by atoms with Crippen LogP contribution in [0.3, 0.4) is 0 Å². The molecule has 35 heavy (non-hydrogen) atoms. The molecule has 5 heterocycles. The van der Waals surface area contributed by atoms with Crippen molar-refractivity contribution in [3.05, 3.63) is 58.9 Å². The smallest absolute Gasteiger partial charge is 0.195 e. The second-order valence-corrected chi connectivity index (χ2v) is 11.9. The zero-order valence-corrected chi connectivity index (χ0v) is 21.7. The van der Waals surface area contributed by atoms with Crippen LogP contribution in [0.4, 0.5) is 10.2 Å². The summed E-state index contributed by atoms with van der Waals surface area (Å²) in [5, 5.41) is 14.9. The van der Waals surface area contributed by atoms with E-state index in [0.29, 0.717) is 19.5 Å². The van der Waals surface area contributed by atoms with Crippen molar-refractivity contribution in [2.45, 2.75) is 30.8 Å². The van der Waals surface area contributed by atoms with Gasteiger partial charge in [0.15, 0.2) is 26.5 Å². The van der Waals surface area contributed by atoms with E-state index in [2.05, 4.69) is 27.5 Å². The van der Waals surface area contributed by atoms with Crippen LogP contribution in [-0.4, -0.2) is 47.0 Å². The number of pyridine rings is 1. The molecule has 0 radical (unpaired) electrons. The molecule has 1 fully saturated rings.